The fourth-order valence-corrected chi connectivity index (χ4v) is 7.44. The number of hydrogen-bond donors (Lipinski definition) is 0. The Kier molecular flexibility index (Phi) is 9.92. The summed E-state index contributed by atoms with van der Waals surface area (Å²) in [5.41, 5.74) is 1.12. The molecule has 0 atom stereocenters. The van der Waals surface area contributed by atoms with E-state index in [1.165, 1.54) is 133 Å². The number of carbonyl (C=O) groups excluding carboxylic acids is 1. The summed E-state index contributed by atoms with van der Waals surface area (Å²) in [6.07, 6.45) is 27.8. The highest BCUT2D eigenvalue weighted by Crippen LogP contribution is 2.36. The number of aromatic nitrogens is 1. The maximum absolute atomic E-state index is 13.6. The lowest BCUT2D eigenvalue weighted by molar-refractivity contribution is 0.0636. The third kappa shape index (κ3) is 6.81. The van der Waals surface area contributed by atoms with Crippen molar-refractivity contribution in [1.82, 2.24) is 9.88 Å². The van der Waals surface area contributed by atoms with Gasteiger partial charge in [0.1, 0.15) is 4.88 Å². The Balaban J connectivity index is 1.42. The van der Waals surface area contributed by atoms with Crippen molar-refractivity contribution in [1.29, 1.82) is 0 Å². The van der Waals surface area contributed by atoms with Gasteiger partial charge in [-0.2, -0.15) is 0 Å². The maximum Gasteiger partial charge on any atom is 0.266 e. The molecule has 0 aromatic carbocycles. The van der Waals surface area contributed by atoms with Crippen LogP contribution in [0.3, 0.4) is 0 Å². The molecule has 3 aliphatic rings. The van der Waals surface area contributed by atoms with Crippen LogP contribution in [0.5, 0.6) is 0 Å². The molecule has 2 aliphatic carbocycles. The van der Waals surface area contributed by atoms with Crippen LogP contribution in [0.1, 0.15) is 155 Å². The zero-order valence-electron chi connectivity index (χ0n) is 20.4. The standard InChI is InChI=1S/C28H46N2OS/c31-28-26-25(21-22-30(28)24-19-15-11-7-4-8-12-16-20-24)29-27(32-26)23-17-13-9-5-2-1-3-6-10-14-18-23/h23-24H,1-22H2. The Labute approximate surface area is 200 Å². The quantitative estimate of drug-likeness (QED) is 0.445. The van der Waals surface area contributed by atoms with Gasteiger partial charge < -0.3 is 4.90 Å². The van der Waals surface area contributed by atoms with Gasteiger partial charge in [0.15, 0.2) is 0 Å². The smallest absolute Gasteiger partial charge is 0.266 e. The fourth-order valence-electron chi connectivity index (χ4n) is 6.20. The zero-order valence-corrected chi connectivity index (χ0v) is 21.2. The van der Waals surface area contributed by atoms with E-state index in [1.54, 1.807) is 11.3 Å². The summed E-state index contributed by atoms with van der Waals surface area (Å²) in [5, 5.41) is 1.29. The van der Waals surface area contributed by atoms with Crippen molar-refractivity contribution < 1.29 is 4.79 Å². The summed E-state index contributed by atoms with van der Waals surface area (Å²) < 4.78 is 0. The highest BCUT2D eigenvalue weighted by molar-refractivity contribution is 7.13. The van der Waals surface area contributed by atoms with Crippen LogP contribution in [-0.2, 0) is 6.42 Å². The van der Waals surface area contributed by atoms with Crippen LogP contribution in [0.15, 0.2) is 0 Å². The van der Waals surface area contributed by atoms with Gasteiger partial charge in [0, 0.05) is 24.9 Å². The van der Waals surface area contributed by atoms with E-state index in [1.807, 2.05) is 0 Å². The van der Waals surface area contributed by atoms with Gasteiger partial charge in [0.05, 0.1) is 10.7 Å². The van der Waals surface area contributed by atoms with Crippen molar-refractivity contribution in [3.05, 3.63) is 15.6 Å². The first-order valence-corrected chi connectivity index (χ1v) is 14.9. The van der Waals surface area contributed by atoms with Crippen molar-refractivity contribution in [3.63, 3.8) is 0 Å². The minimum absolute atomic E-state index is 0.310. The second-order valence-electron chi connectivity index (χ2n) is 10.7. The lowest BCUT2D eigenvalue weighted by Crippen LogP contribution is -2.44. The molecule has 32 heavy (non-hydrogen) atoms. The van der Waals surface area contributed by atoms with Crippen molar-refractivity contribution in [2.24, 2.45) is 0 Å². The summed E-state index contributed by atoms with van der Waals surface area (Å²) in [5.74, 6) is 0.894. The molecule has 3 nitrogen and oxygen atoms in total. The molecule has 2 saturated carbocycles. The lowest BCUT2D eigenvalue weighted by Gasteiger charge is -2.34. The molecule has 4 rings (SSSR count). The monoisotopic (exact) mass is 458 g/mol. The Morgan fingerprint density at radius 2 is 1.12 bits per heavy atom. The number of amides is 1. The van der Waals surface area contributed by atoms with E-state index in [-0.39, 0.29) is 0 Å². The summed E-state index contributed by atoms with van der Waals surface area (Å²) in [7, 11) is 0. The second-order valence-corrected chi connectivity index (χ2v) is 11.8. The molecule has 0 radical (unpaired) electrons. The average molecular weight is 459 g/mol. The van der Waals surface area contributed by atoms with Crippen molar-refractivity contribution in [2.45, 2.75) is 147 Å². The molecule has 0 unspecified atom stereocenters. The van der Waals surface area contributed by atoms with E-state index in [9.17, 15) is 4.79 Å². The Morgan fingerprint density at radius 1 is 0.656 bits per heavy atom. The van der Waals surface area contributed by atoms with Crippen LogP contribution in [0, 0.1) is 0 Å². The minimum Gasteiger partial charge on any atom is -0.335 e. The third-order valence-corrected chi connectivity index (χ3v) is 9.48. The lowest BCUT2D eigenvalue weighted by atomic mass is 9.93. The molecular formula is C28H46N2OS. The number of carbonyl (C=O) groups is 1. The van der Waals surface area contributed by atoms with Gasteiger partial charge in [-0.25, -0.2) is 4.98 Å². The molecule has 180 valence electrons. The van der Waals surface area contributed by atoms with Crippen LogP contribution in [0.4, 0.5) is 0 Å². The molecule has 1 amide bonds. The average Bonchev–Trinajstić information content (AvgIpc) is 3.23. The van der Waals surface area contributed by atoms with Gasteiger partial charge in [0.25, 0.3) is 5.91 Å². The molecule has 4 heteroatoms. The molecule has 0 bridgehead atoms. The predicted molar refractivity (Wildman–Crippen MR) is 136 cm³/mol. The van der Waals surface area contributed by atoms with E-state index in [4.69, 9.17) is 4.98 Å². The van der Waals surface area contributed by atoms with Gasteiger partial charge in [-0.3, -0.25) is 4.79 Å². The highest BCUT2D eigenvalue weighted by atomic mass is 32.1. The third-order valence-electron chi connectivity index (χ3n) is 8.23. The zero-order chi connectivity index (χ0) is 22.0. The molecular weight excluding hydrogens is 412 g/mol. The highest BCUT2D eigenvalue weighted by Gasteiger charge is 2.33. The van der Waals surface area contributed by atoms with Crippen molar-refractivity contribution >= 4 is 17.2 Å². The van der Waals surface area contributed by atoms with E-state index in [2.05, 4.69) is 4.90 Å². The van der Waals surface area contributed by atoms with E-state index >= 15 is 0 Å². The summed E-state index contributed by atoms with van der Waals surface area (Å²) in [6.45, 7) is 0.893. The first kappa shape index (κ1) is 24.2. The summed E-state index contributed by atoms with van der Waals surface area (Å²) in [6, 6.07) is 0.459. The van der Waals surface area contributed by atoms with Gasteiger partial charge in [-0.1, -0.05) is 103 Å². The number of fused-ring (bicyclic) bond motifs is 1. The van der Waals surface area contributed by atoms with E-state index in [0.717, 1.165) is 23.5 Å². The van der Waals surface area contributed by atoms with E-state index in [0.29, 0.717) is 17.9 Å². The second kappa shape index (κ2) is 13.1. The molecule has 1 aromatic heterocycles. The van der Waals surface area contributed by atoms with Gasteiger partial charge >= 0.3 is 0 Å². The Hall–Kier alpha value is -0.900. The fraction of sp³-hybridized carbons (Fsp3) is 0.857. The van der Waals surface area contributed by atoms with E-state index < -0.39 is 0 Å². The SMILES string of the molecule is O=C1c2sc(C3CCCCCCCCCCC3)nc2CCN1C1CCCCCCCCC1. The minimum atomic E-state index is 0.310. The summed E-state index contributed by atoms with van der Waals surface area (Å²) in [4.78, 5) is 21.9. The van der Waals surface area contributed by atoms with Crippen molar-refractivity contribution in [3.8, 4) is 0 Å². The summed E-state index contributed by atoms with van der Waals surface area (Å²) >= 11 is 1.77. The number of hydrogen-bond acceptors (Lipinski definition) is 3. The number of rotatable bonds is 2. The largest absolute Gasteiger partial charge is 0.335 e. The van der Waals surface area contributed by atoms with Crippen LogP contribution in [0.25, 0.3) is 0 Å². The number of thiazole rings is 1. The van der Waals surface area contributed by atoms with Gasteiger partial charge in [0.2, 0.25) is 0 Å². The molecule has 0 spiro atoms. The van der Waals surface area contributed by atoms with Gasteiger partial charge in [-0.15, -0.1) is 11.3 Å². The molecule has 1 aromatic rings. The first-order chi connectivity index (χ1) is 15.8. The Bertz CT molecular complexity index is 678. The number of nitrogens with zero attached hydrogens (tertiary/aromatic N) is 2. The molecule has 2 heterocycles. The topological polar surface area (TPSA) is 33.2 Å². The molecule has 1 aliphatic heterocycles. The van der Waals surface area contributed by atoms with Crippen LogP contribution < -0.4 is 0 Å². The van der Waals surface area contributed by atoms with Gasteiger partial charge in [-0.05, 0) is 25.7 Å². The predicted octanol–water partition coefficient (Wildman–Crippen LogP) is 8.42. The molecule has 0 saturated heterocycles. The molecule has 2 fully saturated rings. The first-order valence-electron chi connectivity index (χ1n) is 14.1. The van der Waals surface area contributed by atoms with Crippen LogP contribution >= 0.6 is 11.3 Å². The van der Waals surface area contributed by atoms with Crippen LogP contribution in [-0.4, -0.2) is 28.4 Å². The van der Waals surface area contributed by atoms with Crippen molar-refractivity contribution in [2.75, 3.05) is 6.54 Å². The normalized spacial score (nSPS) is 24.4. The maximum atomic E-state index is 13.6. The van der Waals surface area contributed by atoms with Crippen LogP contribution in [0.2, 0.25) is 0 Å². The molecule has 0 N–H and O–H groups in total. The Morgan fingerprint density at radius 3 is 1.66 bits per heavy atom.